The van der Waals surface area contributed by atoms with E-state index in [4.69, 9.17) is 5.10 Å². The van der Waals surface area contributed by atoms with E-state index in [1.54, 1.807) is 0 Å². The number of likely N-dealkylation sites (tertiary alicyclic amines) is 2. The van der Waals surface area contributed by atoms with Crippen LogP contribution in [0, 0.1) is 5.92 Å². The molecule has 0 aromatic carbocycles. The predicted molar refractivity (Wildman–Crippen MR) is 96.0 cm³/mol. The predicted octanol–water partition coefficient (Wildman–Crippen LogP) is 2.90. The normalized spacial score (nSPS) is 21.6. The Morgan fingerprint density at radius 2 is 1.83 bits per heavy atom. The van der Waals surface area contributed by atoms with Crippen LogP contribution in [0.4, 0.5) is 0 Å². The van der Waals surface area contributed by atoms with E-state index in [9.17, 15) is 4.79 Å². The summed E-state index contributed by atoms with van der Waals surface area (Å²) in [6, 6.07) is 2.56. The van der Waals surface area contributed by atoms with Crippen LogP contribution in [-0.2, 0) is 4.79 Å². The van der Waals surface area contributed by atoms with Crippen molar-refractivity contribution >= 4 is 5.91 Å². The van der Waals surface area contributed by atoms with E-state index >= 15 is 0 Å². The molecule has 0 saturated carbocycles. The van der Waals surface area contributed by atoms with Crippen molar-refractivity contribution in [2.75, 3.05) is 32.7 Å². The summed E-state index contributed by atoms with van der Waals surface area (Å²) < 4.78 is 2.03. The second kappa shape index (κ2) is 7.68. The number of piperidine rings is 2. The van der Waals surface area contributed by atoms with E-state index in [2.05, 4.69) is 42.8 Å². The monoisotopic (exact) mass is 332 g/mol. The number of hydrogen-bond acceptors (Lipinski definition) is 3. The molecular weight excluding hydrogens is 300 g/mol. The molecule has 1 aromatic heterocycles. The molecule has 134 valence electrons. The summed E-state index contributed by atoms with van der Waals surface area (Å²) in [4.78, 5) is 16.9. The maximum Gasteiger partial charge on any atom is 0.236 e. The Kier molecular flexibility index (Phi) is 5.59. The molecule has 0 aliphatic carbocycles. The highest BCUT2D eigenvalue weighted by molar-refractivity contribution is 5.78. The Morgan fingerprint density at radius 3 is 2.42 bits per heavy atom. The van der Waals surface area contributed by atoms with Crippen LogP contribution in [0.3, 0.4) is 0 Å². The van der Waals surface area contributed by atoms with Crippen molar-refractivity contribution < 1.29 is 4.79 Å². The van der Waals surface area contributed by atoms with Gasteiger partial charge in [-0.2, -0.15) is 5.10 Å². The topological polar surface area (TPSA) is 41.4 Å². The molecule has 0 unspecified atom stereocenters. The van der Waals surface area contributed by atoms with E-state index in [1.807, 2.05) is 4.68 Å². The number of carbonyl (C=O) groups is 1. The quantitative estimate of drug-likeness (QED) is 0.851. The van der Waals surface area contributed by atoms with Gasteiger partial charge in [0.05, 0.1) is 12.2 Å². The van der Waals surface area contributed by atoms with Gasteiger partial charge in [-0.25, -0.2) is 0 Å². The summed E-state index contributed by atoms with van der Waals surface area (Å²) in [5.41, 5.74) is 1.20. The zero-order chi connectivity index (χ0) is 17.1. The number of carbonyl (C=O) groups excluding carboxylic acids is 1. The van der Waals surface area contributed by atoms with Crippen molar-refractivity contribution in [1.82, 2.24) is 19.6 Å². The summed E-state index contributed by atoms with van der Waals surface area (Å²) in [5.74, 6) is 1.64. The van der Waals surface area contributed by atoms with Crippen LogP contribution in [0.25, 0.3) is 0 Å². The van der Waals surface area contributed by atoms with Crippen LogP contribution in [0.5, 0.6) is 0 Å². The molecule has 2 aliphatic rings. The molecule has 0 bridgehead atoms. The summed E-state index contributed by atoms with van der Waals surface area (Å²) in [5, 5.41) is 4.71. The Morgan fingerprint density at radius 1 is 1.17 bits per heavy atom. The van der Waals surface area contributed by atoms with Gasteiger partial charge in [0.2, 0.25) is 5.91 Å². The Balaban J connectivity index is 1.46. The van der Waals surface area contributed by atoms with Gasteiger partial charge in [0, 0.05) is 31.2 Å². The molecular formula is C19H32N4O. The molecule has 3 heterocycles. The van der Waals surface area contributed by atoms with Gasteiger partial charge in [0.1, 0.15) is 0 Å². The minimum atomic E-state index is 0.315. The van der Waals surface area contributed by atoms with E-state index < -0.39 is 0 Å². The first kappa shape index (κ1) is 17.5. The lowest BCUT2D eigenvalue weighted by Crippen LogP contribution is -2.45. The molecule has 3 rings (SSSR count). The highest BCUT2D eigenvalue weighted by atomic mass is 16.2. The summed E-state index contributed by atoms with van der Waals surface area (Å²) in [7, 11) is 0. The Bertz CT molecular complexity index is 537. The van der Waals surface area contributed by atoms with E-state index in [1.165, 1.54) is 18.5 Å². The molecule has 0 N–H and O–H groups in total. The van der Waals surface area contributed by atoms with Gasteiger partial charge in [0.25, 0.3) is 0 Å². The van der Waals surface area contributed by atoms with Crippen molar-refractivity contribution in [1.29, 1.82) is 0 Å². The lowest BCUT2D eigenvalue weighted by molar-refractivity contribution is -0.133. The van der Waals surface area contributed by atoms with Crippen molar-refractivity contribution in [3.05, 3.63) is 18.0 Å². The largest absolute Gasteiger partial charge is 0.342 e. The lowest BCUT2D eigenvalue weighted by atomic mass is 9.93. The maximum absolute atomic E-state index is 12.5. The highest BCUT2D eigenvalue weighted by Crippen LogP contribution is 2.27. The first-order chi connectivity index (χ1) is 11.5. The van der Waals surface area contributed by atoms with Gasteiger partial charge in [-0.15, -0.1) is 0 Å². The average molecular weight is 332 g/mol. The summed E-state index contributed by atoms with van der Waals surface area (Å²) in [6.45, 7) is 11.1. The summed E-state index contributed by atoms with van der Waals surface area (Å²) >= 11 is 0. The second-order valence-corrected chi connectivity index (χ2v) is 7.93. The third-order valence-electron chi connectivity index (χ3n) is 5.66. The fourth-order valence-electron chi connectivity index (χ4n) is 3.79. The van der Waals surface area contributed by atoms with Crippen molar-refractivity contribution in [2.24, 2.45) is 5.92 Å². The van der Waals surface area contributed by atoms with Gasteiger partial charge in [-0.05, 0) is 64.6 Å². The van der Waals surface area contributed by atoms with Crippen LogP contribution >= 0.6 is 0 Å². The van der Waals surface area contributed by atoms with Gasteiger partial charge in [-0.3, -0.25) is 14.4 Å². The van der Waals surface area contributed by atoms with Crippen LogP contribution in [0.2, 0.25) is 0 Å². The van der Waals surface area contributed by atoms with Gasteiger partial charge < -0.3 is 4.90 Å². The van der Waals surface area contributed by atoms with E-state index in [-0.39, 0.29) is 0 Å². The first-order valence-electron chi connectivity index (χ1n) is 9.58. The zero-order valence-corrected chi connectivity index (χ0v) is 15.4. The molecule has 0 spiro atoms. The van der Waals surface area contributed by atoms with Crippen LogP contribution in [0.1, 0.15) is 64.1 Å². The van der Waals surface area contributed by atoms with E-state index in [0.29, 0.717) is 24.4 Å². The Hall–Kier alpha value is -1.36. The van der Waals surface area contributed by atoms with Crippen LogP contribution < -0.4 is 0 Å². The smallest absolute Gasteiger partial charge is 0.236 e. The van der Waals surface area contributed by atoms with E-state index in [0.717, 1.165) is 44.9 Å². The highest BCUT2D eigenvalue weighted by Gasteiger charge is 2.27. The fourth-order valence-corrected chi connectivity index (χ4v) is 3.79. The molecule has 1 aromatic rings. The van der Waals surface area contributed by atoms with Gasteiger partial charge in [-0.1, -0.05) is 6.92 Å². The first-order valence-corrected chi connectivity index (χ1v) is 9.58. The minimum absolute atomic E-state index is 0.315. The summed E-state index contributed by atoms with van der Waals surface area (Å²) in [6.07, 6.45) is 6.62. The SMILES string of the molecule is CC1CCN(CC(=O)N2CCC(c3ccn(C(C)C)n3)CC2)CC1. The number of aromatic nitrogens is 2. The average Bonchev–Trinajstić information content (AvgIpc) is 3.07. The van der Waals surface area contributed by atoms with Crippen molar-refractivity contribution in [3.8, 4) is 0 Å². The number of nitrogens with zero attached hydrogens (tertiary/aromatic N) is 4. The lowest BCUT2D eigenvalue weighted by Gasteiger charge is -2.35. The molecule has 5 heteroatoms. The molecule has 0 radical (unpaired) electrons. The zero-order valence-electron chi connectivity index (χ0n) is 15.4. The van der Waals surface area contributed by atoms with Crippen molar-refractivity contribution in [3.63, 3.8) is 0 Å². The minimum Gasteiger partial charge on any atom is -0.342 e. The third kappa shape index (κ3) is 4.18. The van der Waals surface area contributed by atoms with Gasteiger partial charge in [0.15, 0.2) is 0 Å². The molecule has 2 fully saturated rings. The molecule has 24 heavy (non-hydrogen) atoms. The number of amides is 1. The molecule has 0 atom stereocenters. The van der Waals surface area contributed by atoms with Gasteiger partial charge >= 0.3 is 0 Å². The van der Waals surface area contributed by atoms with Crippen LogP contribution in [-0.4, -0.2) is 58.2 Å². The van der Waals surface area contributed by atoms with Crippen molar-refractivity contribution in [2.45, 2.75) is 58.4 Å². The van der Waals surface area contributed by atoms with Crippen LogP contribution in [0.15, 0.2) is 12.3 Å². The molecule has 2 saturated heterocycles. The second-order valence-electron chi connectivity index (χ2n) is 7.93. The molecule has 2 aliphatic heterocycles. The molecule has 5 nitrogen and oxygen atoms in total. The number of hydrogen-bond donors (Lipinski definition) is 0. The Labute approximate surface area is 146 Å². The number of rotatable bonds is 4. The third-order valence-corrected chi connectivity index (χ3v) is 5.66. The standard InChI is InChI=1S/C19H32N4O/c1-15(2)23-13-8-18(20-23)17-6-11-22(12-7-17)19(24)14-21-9-4-16(3)5-10-21/h8,13,15-17H,4-7,9-12,14H2,1-3H3. The fraction of sp³-hybridized carbons (Fsp3) is 0.789. The maximum atomic E-state index is 12.5. The molecule has 1 amide bonds.